The summed E-state index contributed by atoms with van der Waals surface area (Å²) in [6, 6.07) is 9.68. The van der Waals surface area contributed by atoms with Gasteiger partial charge in [-0.25, -0.2) is 9.78 Å². The molecule has 0 aliphatic rings. The second-order valence-corrected chi connectivity index (χ2v) is 6.15. The van der Waals surface area contributed by atoms with Crippen LogP contribution in [0.15, 0.2) is 36.5 Å². The van der Waals surface area contributed by atoms with Crippen molar-refractivity contribution in [3.63, 3.8) is 0 Å². The first kappa shape index (κ1) is 17.5. The van der Waals surface area contributed by atoms with Crippen LogP contribution < -0.4 is 0 Å². The highest BCUT2D eigenvalue weighted by atomic mass is 16.5. The second-order valence-electron chi connectivity index (χ2n) is 6.15. The third-order valence-corrected chi connectivity index (χ3v) is 4.14. The molecule has 1 heterocycles. The molecule has 0 aliphatic carbocycles. The largest absolute Gasteiger partial charge is 0.458 e. The summed E-state index contributed by atoms with van der Waals surface area (Å²) in [6.07, 6.45) is 10.0. The molecule has 23 heavy (non-hydrogen) atoms. The van der Waals surface area contributed by atoms with Crippen molar-refractivity contribution in [3.8, 4) is 0 Å². The lowest BCUT2D eigenvalue weighted by Crippen LogP contribution is -2.16. The molecular weight excluding hydrogens is 286 g/mol. The van der Waals surface area contributed by atoms with E-state index in [1.54, 1.807) is 6.20 Å². The molecule has 0 amide bonds. The Bertz CT molecular complexity index is 619. The van der Waals surface area contributed by atoms with Gasteiger partial charge in [0.15, 0.2) is 5.69 Å². The lowest BCUT2D eigenvalue weighted by molar-refractivity contribution is 0.0315. The number of hydrogen-bond acceptors (Lipinski definition) is 3. The van der Waals surface area contributed by atoms with E-state index in [2.05, 4.69) is 11.9 Å². The summed E-state index contributed by atoms with van der Waals surface area (Å²) in [5.74, 6) is -0.319. The molecule has 2 rings (SSSR count). The van der Waals surface area contributed by atoms with Gasteiger partial charge in [-0.05, 0) is 31.2 Å². The maximum absolute atomic E-state index is 12.4. The van der Waals surface area contributed by atoms with E-state index in [9.17, 15) is 4.79 Å². The molecule has 3 nitrogen and oxygen atoms in total. The Kier molecular flexibility index (Phi) is 7.05. The van der Waals surface area contributed by atoms with Crippen LogP contribution in [0.2, 0.25) is 0 Å². The van der Waals surface area contributed by atoms with Crippen molar-refractivity contribution in [1.29, 1.82) is 0 Å². The van der Waals surface area contributed by atoms with Crippen LogP contribution in [-0.2, 0) is 4.74 Å². The van der Waals surface area contributed by atoms with E-state index in [-0.39, 0.29) is 12.1 Å². The third-order valence-electron chi connectivity index (χ3n) is 4.14. The third kappa shape index (κ3) is 5.34. The topological polar surface area (TPSA) is 39.2 Å². The highest BCUT2D eigenvalue weighted by molar-refractivity contribution is 6.02. The van der Waals surface area contributed by atoms with Gasteiger partial charge in [0.25, 0.3) is 0 Å². The van der Waals surface area contributed by atoms with E-state index < -0.39 is 0 Å². The van der Waals surface area contributed by atoms with E-state index in [4.69, 9.17) is 4.74 Å². The number of pyridine rings is 1. The zero-order valence-corrected chi connectivity index (χ0v) is 14.3. The fraction of sp³-hybridized carbons (Fsp3) is 0.500. The van der Waals surface area contributed by atoms with Crippen molar-refractivity contribution in [2.75, 3.05) is 0 Å². The van der Waals surface area contributed by atoms with Gasteiger partial charge in [-0.3, -0.25) is 0 Å². The number of fused-ring (bicyclic) bond motifs is 1. The Morgan fingerprint density at radius 3 is 2.65 bits per heavy atom. The van der Waals surface area contributed by atoms with Gasteiger partial charge in [0.05, 0.1) is 6.10 Å². The molecule has 0 bridgehead atoms. The van der Waals surface area contributed by atoms with E-state index in [0.717, 1.165) is 23.6 Å². The van der Waals surface area contributed by atoms with Gasteiger partial charge in [-0.1, -0.05) is 63.3 Å². The number of carbonyl (C=O) groups excluding carboxylic acids is 1. The number of aromatic nitrogens is 1. The molecule has 0 spiro atoms. The standard InChI is InChI=1S/C20H27NO2/c1-3-4-5-6-7-8-11-16(2)23-20(22)19-18-13-10-9-12-17(18)14-15-21-19/h9-10,12-16H,3-8,11H2,1-2H3. The summed E-state index contributed by atoms with van der Waals surface area (Å²) in [5.41, 5.74) is 0.415. The van der Waals surface area contributed by atoms with Crippen LogP contribution in [0.25, 0.3) is 10.8 Å². The number of carbonyl (C=O) groups is 1. The predicted octanol–water partition coefficient (Wildman–Crippen LogP) is 5.53. The number of rotatable bonds is 9. The van der Waals surface area contributed by atoms with Crippen LogP contribution in [0.3, 0.4) is 0 Å². The smallest absolute Gasteiger partial charge is 0.357 e. The van der Waals surface area contributed by atoms with Gasteiger partial charge >= 0.3 is 5.97 Å². The highest BCUT2D eigenvalue weighted by Crippen LogP contribution is 2.18. The summed E-state index contributed by atoms with van der Waals surface area (Å²) < 4.78 is 5.57. The summed E-state index contributed by atoms with van der Waals surface area (Å²) in [7, 11) is 0. The van der Waals surface area contributed by atoms with Crippen molar-refractivity contribution >= 4 is 16.7 Å². The number of ether oxygens (including phenoxy) is 1. The average molecular weight is 313 g/mol. The van der Waals surface area contributed by atoms with Crippen molar-refractivity contribution in [2.45, 2.75) is 64.9 Å². The van der Waals surface area contributed by atoms with E-state index in [1.807, 2.05) is 37.3 Å². The molecule has 2 aromatic rings. The van der Waals surface area contributed by atoms with Crippen LogP contribution in [0.1, 0.15) is 69.3 Å². The predicted molar refractivity (Wildman–Crippen MR) is 94.6 cm³/mol. The fourth-order valence-corrected chi connectivity index (χ4v) is 2.79. The minimum absolute atomic E-state index is 0.0607. The van der Waals surface area contributed by atoms with Crippen LogP contribution in [0, 0.1) is 0 Å². The summed E-state index contributed by atoms with van der Waals surface area (Å²) in [6.45, 7) is 4.19. The molecule has 0 saturated carbocycles. The van der Waals surface area contributed by atoms with Crippen LogP contribution >= 0.6 is 0 Å². The Morgan fingerprint density at radius 2 is 1.83 bits per heavy atom. The van der Waals surface area contributed by atoms with Crippen molar-refractivity contribution in [3.05, 3.63) is 42.2 Å². The number of hydrogen-bond donors (Lipinski definition) is 0. The normalized spacial score (nSPS) is 12.3. The minimum Gasteiger partial charge on any atom is -0.458 e. The number of nitrogens with zero attached hydrogens (tertiary/aromatic N) is 1. The van der Waals surface area contributed by atoms with Gasteiger partial charge in [-0.15, -0.1) is 0 Å². The molecule has 1 aromatic carbocycles. The molecule has 3 heteroatoms. The first-order valence-corrected chi connectivity index (χ1v) is 8.77. The molecule has 0 radical (unpaired) electrons. The molecule has 1 unspecified atom stereocenters. The molecule has 0 fully saturated rings. The zero-order chi connectivity index (χ0) is 16.5. The molecule has 124 valence electrons. The molecule has 1 atom stereocenters. The number of unbranched alkanes of at least 4 members (excludes halogenated alkanes) is 5. The summed E-state index contributed by atoms with van der Waals surface area (Å²) >= 11 is 0. The van der Waals surface area contributed by atoms with Gasteiger partial charge < -0.3 is 4.74 Å². The SMILES string of the molecule is CCCCCCCCC(C)OC(=O)c1nccc2ccccc12. The van der Waals surface area contributed by atoms with E-state index in [0.29, 0.717) is 5.69 Å². The lowest BCUT2D eigenvalue weighted by atomic mass is 10.1. The van der Waals surface area contributed by atoms with Crippen LogP contribution in [0.5, 0.6) is 0 Å². The Labute approximate surface area is 139 Å². The molecule has 0 N–H and O–H groups in total. The minimum atomic E-state index is -0.319. The summed E-state index contributed by atoms with van der Waals surface area (Å²) in [5, 5.41) is 1.87. The Morgan fingerprint density at radius 1 is 1.09 bits per heavy atom. The number of esters is 1. The molecule has 0 aliphatic heterocycles. The molecule has 0 saturated heterocycles. The molecule has 1 aromatic heterocycles. The van der Waals surface area contributed by atoms with E-state index >= 15 is 0 Å². The van der Waals surface area contributed by atoms with Gasteiger partial charge in [-0.2, -0.15) is 0 Å². The Hall–Kier alpha value is -1.90. The first-order chi connectivity index (χ1) is 11.2. The monoisotopic (exact) mass is 313 g/mol. The van der Waals surface area contributed by atoms with Gasteiger partial charge in [0.1, 0.15) is 0 Å². The van der Waals surface area contributed by atoms with Crippen molar-refractivity contribution in [1.82, 2.24) is 4.98 Å². The summed E-state index contributed by atoms with van der Waals surface area (Å²) in [4.78, 5) is 16.6. The van der Waals surface area contributed by atoms with Crippen LogP contribution in [0.4, 0.5) is 0 Å². The Balaban J connectivity index is 1.83. The molecular formula is C20H27NO2. The maximum atomic E-state index is 12.4. The van der Waals surface area contributed by atoms with Crippen molar-refractivity contribution in [2.24, 2.45) is 0 Å². The quantitative estimate of drug-likeness (QED) is 0.451. The number of benzene rings is 1. The fourth-order valence-electron chi connectivity index (χ4n) is 2.79. The van der Waals surface area contributed by atoms with Crippen molar-refractivity contribution < 1.29 is 9.53 Å². The zero-order valence-electron chi connectivity index (χ0n) is 14.3. The van der Waals surface area contributed by atoms with Gasteiger partial charge in [0.2, 0.25) is 0 Å². The maximum Gasteiger partial charge on any atom is 0.357 e. The second kappa shape index (κ2) is 9.29. The average Bonchev–Trinajstić information content (AvgIpc) is 2.57. The highest BCUT2D eigenvalue weighted by Gasteiger charge is 2.15. The first-order valence-electron chi connectivity index (χ1n) is 8.77. The van der Waals surface area contributed by atoms with Crippen LogP contribution in [-0.4, -0.2) is 17.1 Å². The van der Waals surface area contributed by atoms with Gasteiger partial charge in [0, 0.05) is 11.6 Å². The van der Waals surface area contributed by atoms with E-state index in [1.165, 1.54) is 32.1 Å². The lowest BCUT2D eigenvalue weighted by Gasteiger charge is -2.13.